The molecule has 1 aromatic rings. The van der Waals surface area contributed by atoms with Crippen molar-refractivity contribution in [2.75, 3.05) is 31.6 Å². The molecule has 22 heavy (non-hydrogen) atoms. The van der Waals surface area contributed by atoms with Crippen LogP contribution in [0.2, 0.25) is 0 Å². The van der Waals surface area contributed by atoms with E-state index in [1.807, 2.05) is 24.3 Å². The Kier molecular flexibility index (Phi) is 6.21. The van der Waals surface area contributed by atoms with Gasteiger partial charge in [0.1, 0.15) is 0 Å². The van der Waals surface area contributed by atoms with Crippen LogP contribution in [0.4, 0.5) is 10.5 Å². The van der Waals surface area contributed by atoms with E-state index in [2.05, 4.69) is 16.0 Å². The number of rotatable bonds is 6. The number of hydrogen-bond donors (Lipinski definition) is 3. The Morgan fingerprint density at radius 2 is 2.00 bits per heavy atom. The minimum atomic E-state index is -0.137. The molecule has 1 heterocycles. The molecule has 3 amide bonds. The zero-order valence-corrected chi connectivity index (χ0v) is 12.9. The van der Waals surface area contributed by atoms with Crippen LogP contribution in [0, 0.1) is 5.92 Å². The Labute approximate surface area is 130 Å². The fraction of sp³-hybridized carbons (Fsp3) is 0.500. The van der Waals surface area contributed by atoms with Gasteiger partial charge < -0.3 is 20.7 Å². The van der Waals surface area contributed by atoms with Crippen molar-refractivity contribution >= 4 is 17.6 Å². The van der Waals surface area contributed by atoms with Gasteiger partial charge in [-0.2, -0.15) is 0 Å². The van der Waals surface area contributed by atoms with E-state index in [1.54, 1.807) is 0 Å². The van der Waals surface area contributed by atoms with Crippen molar-refractivity contribution in [1.82, 2.24) is 10.6 Å². The lowest BCUT2D eigenvalue weighted by atomic mass is 10.1. The molecule has 3 N–H and O–H groups in total. The third-order valence-electron chi connectivity index (χ3n) is 3.55. The van der Waals surface area contributed by atoms with Gasteiger partial charge in [0, 0.05) is 38.2 Å². The van der Waals surface area contributed by atoms with Gasteiger partial charge in [-0.05, 0) is 30.5 Å². The summed E-state index contributed by atoms with van der Waals surface area (Å²) in [6.07, 6.45) is 1.77. The van der Waals surface area contributed by atoms with Gasteiger partial charge in [-0.25, -0.2) is 4.79 Å². The van der Waals surface area contributed by atoms with Crippen LogP contribution < -0.4 is 16.0 Å². The van der Waals surface area contributed by atoms with Crippen LogP contribution in [0.5, 0.6) is 0 Å². The first kappa shape index (κ1) is 16.3. The zero-order chi connectivity index (χ0) is 15.8. The van der Waals surface area contributed by atoms with Gasteiger partial charge in [-0.1, -0.05) is 12.1 Å². The summed E-state index contributed by atoms with van der Waals surface area (Å²) in [7, 11) is 0. The van der Waals surface area contributed by atoms with Crippen LogP contribution in [0.3, 0.4) is 0 Å². The average Bonchev–Trinajstić information content (AvgIpc) is 3.00. The summed E-state index contributed by atoms with van der Waals surface area (Å²) in [5.74, 6) is 0.353. The maximum atomic E-state index is 11.7. The summed E-state index contributed by atoms with van der Waals surface area (Å²) in [5.41, 5.74) is 1.89. The molecule has 1 aromatic carbocycles. The summed E-state index contributed by atoms with van der Waals surface area (Å²) in [4.78, 5) is 22.6. The molecule has 1 unspecified atom stereocenters. The van der Waals surface area contributed by atoms with Crippen molar-refractivity contribution in [1.29, 1.82) is 0 Å². The van der Waals surface area contributed by atoms with Crippen LogP contribution in [-0.4, -0.2) is 38.2 Å². The lowest BCUT2D eigenvalue weighted by molar-refractivity contribution is -0.114. The van der Waals surface area contributed by atoms with E-state index in [0.29, 0.717) is 19.0 Å². The number of urea groups is 1. The summed E-state index contributed by atoms with van der Waals surface area (Å²) < 4.78 is 5.26. The second-order valence-electron chi connectivity index (χ2n) is 5.49. The second kappa shape index (κ2) is 8.38. The van der Waals surface area contributed by atoms with Crippen LogP contribution in [-0.2, 0) is 16.0 Å². The summed E-state index contributed by atoms with van der Waals surface area (Å²) >= 11 is 0. The third-order valence-corrected chi connectivity index (χ3v) is 3.55. The molecule has 0 saturated carbocycles. The molecule has 120 valence electrons. The highest BCUT2D eigenvalue weighted by atomic mass is 16.5. The predicted molar refractivity (Wildman–Crippen MR) is 84.8 cm³/mol. The monoisotopic (exact) mass is 305 g/mol. The predicted octanol–water partition coefficient (Wildman–Crippen LogP) is 1.52. The van der Waals surface area contributed by atoms with Gasteiger partial charge in [0.25, 0.3) is 0 Å². The maximum Gasteiger partial charge on any atom is 0.314 e. The number of ether oxygens (including phenoxy) is 1. The maximum absolute atomic E-state index is 11.7. The normalized spacial score (nSPS) is 17.0. The Balaban J connectivity index is 1.62. The standard InChI is InChI=1S/C16H23N3O3/c1-12(20)19-15-4-2-13(3-5-15)6-8-17-16(21)18-10-14-7-9-22-11-14/h2-5,14H,6-11H2,1H3,(H,19,20)(H2,17,18,21). The average molecular weight is 305 g/mol. The van der Waals surface area contributed by atoms with Crippen LogP contribution in [0.15, 0.2) is 24.3 Å². The van der Waals surface area contributed by atoms with Gasteiger partial charge in [-0.3, -0.25) is 4.79 Å². The van der Waals surface area contributed by atoms with E-state index >= 15 is 0 Å². The van der Waals surface area contributed by atoms with E-state index in [9.17, 15) is 9.59 Å². The molecule has 0 aliphatic carbocycles. The van der Waals surface area contributed by atoms with Crippen molar-refractivity contribution in [2.24, 2.45) is 5.92 Å². The number of anilines is 1. The van der Waals surface area contributed by atoms with Gasteiger partial charge in [0.15, 0.2) is 0 Å². The van der Waals surface area contributed by atoms with Crippen LogP contribution in [0.25, 0.3) is 0 Å². The molecule has 1 fully saturated rings. The van der Waals surface area contributed by atoms with E-state index in [1.165, 1.54) is 6.92 Å². The quantitative estimate of drug-likeness (QED) is 0.745. The fourth-order valence-corrected chi connectivity index (χ4v) is 2.32. The summed E-state index contributed by atoms with van der Waals surface area (Å²) in [6.45, 7) is 4.25. The summed E-state index contributed by atoms with van der Waals surface area (Å²) in [6, 6.07) is 7.47. The Bertz CT molecular complexity index is 496. The highest BCUT2D eigenvalue weighted by Crippen LogP contribution is 2.11. The number of amides is 3. The fourth-order valence-electron chi connectivity index (χ4n) is 2.32. The second-order valence-corrected chi connectivity index (χ2v) is 5.49. The van der Waals surface area contributed by atoms with Crippen molar-refractivity contribution in [2.45, 2.75) is 19.8 Å². The third kappa shape index (κ3) is 5.73. The van der Waals surface area contributed by atoms with Crippen molar-refractivity contribution in [3.05, 3.63) is 29.8 Å². The summed E-state index contributed by atoms with van der Waals surface area (Å²) in [5, 5.41) is 8.43. The molecule has 6 nitrogen and oxygen atoms in total. The highest BCUT2D eigenvalue weighted by Gasteiger charge is 2.15. The molecule has 0 aromatic heterocycles. The SMILES string of the molecule is CC(=O)Nc1ccc(CCNC(=O)NCC2CCOC2)cc1. The number of benzene rings is 1. The van der Waals surface area contributed by atoms with Gasteiger partial charge in [0.2, 0.25) is 5.91 Å². The first-order valence-corrected chi connectivity index (χ1v) is 7.59. The van der Waals surface area contributed by atoms with E-state index in [0.717, 1.165) is 37.3 Å². The first-order valence-electron chi connectivity index (χ1n) is 7.59. The zero-order valence-electron chi connectivity index (χ0n) is 12.9. The topological polar surface area (TPSA) is 79.5 Å². The van der Waals surface area contributed by atoms with Gasteiger partial charge >= 0.3 is 6.03 Å². The minimum Gasteiger partial charge on any atom is -0.381 e. The van der Waals surface area contributed by atoms with E-state index < -0.39 is 0 Å². The molecule has 0 spiro atoms. The van der Waals surface area contributed by atoms with Crippen LogP contribution in [0.1, 0.15) is 18.9 Å². The Morgan fingerprint density at radius 1 is 1.23 bits per heavy atom. The molecule has 1 saturated heterocycles. The highest BCUT2D eigenvalue weighted by molar-refractivity contribution is 5.88. The van der Waals surface area contributed by atoms with Crippen molar-refractivity contribution in [3.8, 4) is 0 Å². The largest absolute Gasteiger partial charge is 0.381 e. The number of nitrogens with one attached hydrogen (secondary N) is 3. The van der Waals surface area contributed by atoms with E-state index in [-0.39, 0.29) is 11.9 Å². The van der Waals surface area contributed by atoms with Crippen molar-refractivity contribution in [3.63, 3.8) is 0 Å². The first-order chi connectivity index (χ1) is 10.6. The number of hydrogen-bond acceptors (Lipinski definition) is 3. The van der Waals surface area contributed by atoms with Gasteiger partial charge in [0.05, 0.1) is 6.61 Å². The molecule has 1 aliphatic rings. The van der Waals surface area contributed by atoms with Gasteiger partial charge in [-0.15, -0.1) is 0 Å². The molecule has 0 bridgehead atoms. The molecular formula is C16H23N3O3. The van der Waals surface area contributed by atoms with E-state index in [4.69, 9.17) is 4.74 Å². The molecule has 0 radical (unpaired) electrons. The van der Waals surface area contributed by atoms with Crippen LogP contribution >= 0.6 is 0 Å². The molecule has 2 rings (SSSR count). The molecular weight excluding hydrogens is 282 g/mol. The lowest BCUT2D eigenvalue weighted by Crippen LogP contribution is -2.39. The number of carbonyl (C=O) groups is 2. The number of carbonyl (C=O) groups excluding carboxylic acids is 2. The Morgan fingerprint density at radius 3 is 2.64 bits per heavy atom. The lowest BCUT2D eigenvalue weighted by Gasteiger charge is -2.11. The Hall–Kier alpha value is -2.08. The van der Waals surface area contributed by atoms with Crippen molar-refractivity contribution < 1.29 is 14.3 Å². The smallest absolute Gasteiger partial charge is 0.314 e. The molecule has 1 aliphatic heterocycles. The minimum absolute atomic E-state index is 0.0845. The molecule has 6 heteroatoms. The molecule has 1 atom stereocenters.